The van der Waals surface area contributed by atoms with E-state index in [1.807, 2.05) is 127 Å². The van der Waals surface area contributed by atoms with Gasteiger partial charge in [-0.1, -0.05) is 238 Å². The highest BCUT2D eigenvalue weighted by Crippen LogP contribution is 2.31. The van der Waals surface area contributed by atoms with E-state index in [1.165, 1.54) is 57.7 Å². The summed E-state index contributed by atoms with van der Waals surface area (Å²) in [6.45, 7) is 34.5. The Morgan fingerprint density at radius 3 is 1.45 bits per heavy atom. The van der Waals surface area contributed by atoms with Gasteiger partial charge in [0.2, 0.25) is 0 Å². The molecule has 0 fully saturated rings. The van der Waals surface area contributed by atoms with Crippen LogP contribution in [0.4, 0.5) is 0 Å². The highest BCUT2D eigenvalue weighted by Gasteiger charge is 2.11. The normalized spacial score (nSPS) is 11.2. The maximum Gasteiger partial charge on any atom is 0.198 e. The van der Waals surface area contributed by atoms with E-state index in [-0.39, 0.29) is 0 Å². The standard InChI is InChI=1S/C12H13N.C11H12N2.C11H13N.C11H12O.C11H12S.C10H12N2.C10H11NO.C10H11NS/c1-9(2)11-8-7-10-5-3-4-6-12(10)13-11;1-8(2)11-7-12-9-5-3-4-6-10(9)13-11;3*1-8(2)11-7-9-5-3-4-6-10(9)12-11;3*1-7(2)10-11-8-5-3-4-6-9(8)12-10/h3-9H,1-2H3;3-8H,1-2H3;3-8,12H,1-2H3;2*3-8H,1-2H3;3-7H,1-2H3,(H,11,12);2*3-7H,1-2H3. The van der Waals surface area contributed by atoms with Crippen LogP contribution in [0.2, 0.25) is 0 Å². The number of fused-ring (bicyclic) bond motifs is 8. The fraction of sp³-hybridized carbons (Fsp3) is 0.279. The fourth-order valence-electron chi connectivity index (χ4n) is 10.2. The summed E-state index contributed by atoms with van der Waals surface area (Å²) in [6.07, 6.45) is 1.85. The lowest BCUT2D eigenvalue weighted by Gasteiger charge is -2.04. The van der Waals surface area contributed by atoms with Gasteiger partial charge in [-0.3, -0.25) is 9.97 Å². The Kier molecular flexibility index (Phi) is 26.0. The molecule has 0 saturated heterocycles. The summed E-state index contributed by atoms with van der Waals surface area (Å²) >= 11 is 3.70. The number of thiophene rings is 1. The summed E-state index contributed by atoms with van der Waals surface area (Å²) < 4.78 is 13.8. The summed E-state index contributed by atoms with van der Waals surface area (Å²) in [5.74, 6) is 6.97. The van der Waals surface area contributed by atoms with E-state index in [2.05, 4.69) is 266 Å². The van der Waals surface area contributed by atoms with Crippen LogP contribution in [-0.4, -0.2) is 39.9 Å². The van der Waals surface area contributed by atoms with E-state index in [0.717, 1.165) is 73.0 Å². The quantitative estimate of drug-likeness (QED) is 0.154. The largest absolute Gasteiger partial charge is 0.461 e. The third-order valence-electron chi connectivity index (χ3n) is 16.0. The zero-order chi connectivity index (χ0) is 69.8. The van der Waals surface area contributed by atoms with Crippen LogP contribution in [0, 0.1) is 0 Å². The van der Waals surface area contributed by atoms with Crippen LogP contribution in [0.5, 0.6) is 0 Å². The summed E-state index contributed by atoms with van der Waals surface area (Å²) in [6, 6.07) is 76.3. The number of pyridine rings is 1. The fourth-order valence-corrected chi connectivity index (χ4v) is 12.2. The number of rotatable bonds is 8. The van der Waals surface area contributed by atoms with Gasteiger partial charge in [-0.15, -0.1) is 22.7 Å². The van der Waals surface area contributed by atoms with Crippen molar-refractivity contribution in [3.8, 4) is 0 Å². The topological polar surface area (TPSA) is 135 Å². The van der Waals surface area contributed by atoms with E-state index >= 15 is 0 Å². The van der Waals surface area contributed by atoms with Crippen molar-refractivity contribution in [2.75, 3.05) is 0 Å². The van der Waals surface area contributed by atoms with Crippen LogP contribution in [-0.2, 0) is 0 Å². The van der Waals surface area contributed by atoms with Crippen LogP contribution >= 0.6 is 22.7 Å². The van der Waals surface area contributed by atoms with Gasteiger partial charge in [-0.25, -0.2) is 19.9 Å². The molecule has 0 unspecified atom stereocenters. The second-order valence-corrected chi connectivity index (χ2v) is 29.0. The van der Waals surface area contributed by atoms with Crippen molar-refractivity contribution in [1.29, 1.82) is 0 Å². The molecule has 0 aliphatic rings. The van der Waals surface area contributed by atoms with E-state index < -0.39 is 0 Å². The number of benzene rings is 8. The monoisotopic (exact) mass is 1340 g/mol. The third-order valence-corrected chi connectivity index (χ3v) is 18.8. The van der Waals surface area contributed by atoms with Crippen LogP contribution in [0.1, 0.15) is 203 Å². The first-order valence-electron chi connectivity index (χ1n) is 34.4. The molecule has 98 heavy (non-hydrogen) atoms. The number of hydrogen-bond donors (Lipinski definition) is 2. The number of oxazole rings is 1. The van der Waals surface area contributed by atoms with Crippen LogP contribution < -0.4 is 0 Å². The molecule has 0 atom stereocenters. The number of thiazole rings is 1. The molecular weight excluding hydrogens is 1240 g/mol. The highest BCUT2D eigenvalue weighted by molar-refractivity contribution is 7.19. The predicted molar refractivity (Wildman–Crippen MR) is 420 cm³/mol. The molecule has 0 amide bonds. The number of furan rings is 1. The van der Waals surface area contributed by atoms with E-state index in [0.29, 0.717) is 47.3 Å². The summed E-state index contributed by atoms with van der Waals surface area (Å²) in [5.41, 5.74) is 13.9. The molecule has 2 N–H and O–H groups in total. The van der Waals surface area contributed by atoms with E-state index in [4.69, 9.17) is 8.83 Å². The van der Waals surface area contributed by atoms with Crippen LogP contribution in [0.3, 0.4) is 0 Å². The van der Waals surface area contributed by atoms with Crippen molar-refractivity contribution >= 4 is 109 Å². The van der Waals surface area contributed by atoms with Crippen LogP contribution in [0.25, 0.3) is 86.2 Å². The number of para-hydroxylation sites is 10. The first kappa shape index (κ1) is 72.6. The molecule has 0 saturated carbocycles. The SMILES string of the molecule is CC(C)c1cc2ccccc2[nH]1.CC(C)c1cc2ccccc2o1.CC(C)c1cc2ccccc2s1.CC(C)c1ccc2ccccc2n1.CC(C)c1cnc2ccccc2n1.CC(C)c1nc2ccccc2[nH]1.CC(C)c1nc2ccccc2o1.CC(C)c1nc2ccccc2s1. The Morgan fingerprint density at radius 2 is 0.867 bits per heavy atom. The number of aromatic amines is 2. The first-order chi connectivity index (χ1) is 47.2. The first-order valence-corrected chi connectivity index (χ1v) is 36.1. The molecule has 16 aromatic rings. The Morgan fingerprint density at radius 1 is 0.316 bits per heavy atom. The molecule has 8 aromatic carbocycles. The number of hydrogen-bond acceptors (Lipinski definition) is 10. The molecular formula is C86H96N8O2S2. The van der Waals surface area contributed by atoms with Gasteiger partial charge >= 0.3 is 0 Å². The van der Waals surface area contributed by atoms with E-state index in [9.17, 15) is 0 Å². The number of nitrogens with one attached hydrogen (secondary N) is 2. The summed E-state index contributed by atoms with van der Waals surface area (Å²) in [7, 11) is 0. The lowest BCUT2D eigenvalue weighted by Crippen LogP contribution is -1.94. The molecule has 8 heterocycles. The lowest BCUT2D eigenvalue weighted by atomic mass is 10.1. The number of aromatic nitrogens is 8. The lowest BCUT2D eigenvalue weighted by molar-refractivity contribution is 0.501. The minimum Gasteiger partial charge on any atom is -0.461 e. The van der Waals surface area contributed by atoms with Crippen molar-refractivity contribution in [1.82, 2.24) is 39.9 Å². The van der Waals surface area contributed by atoms with E-state index in [1.54, 1.807) is 11.3 Å². The Balaban J connectivity index is 0.000000131. The van der Waals surface area contributed by atoms with Gasteiger partial charge in [0, 0.05) is 67.1 Å². The molecule has 16 rings (SSSR count). The average molecular weight is 1340 g/mol. The van der Waals surface area contributed by atoms with Gasteiger partial charge < -0.3 is 18.8 Å². The molecule has 0 aliphatic carbocycles. The number of H-pyrrole nitrogens is 2. The van der Waals surface area contributed by atoms with Gasteiger partial charge in [0.1, 0.15) is 22.7 Å². The summed E-state index contributed by atoms with van der Waals surface area (Å²) in [4.78, 5) is 34.9. The second-order valence-electron chi connectivity index (χ2n) is 26.8. The molecule has 8 aromatic heterocycles. The average Bonchev–Trinajstić information content (AvgIpc) is 1.65. The van der Waals surface area contributed by atoms with Gasteiger partial charge in [0.05, 0.1) is 48.5 Å². The van der Waals surface area contributed by atoms with Gasteiger partial charge in [-0.2, -0.15) is 0 Å². The number of nitrogens with zero attached hydrogens (tertiary/aromatic N) is 6. The molecule has 0 spiro atoms. The third kappa shape index (κ3) is 20.2. The zero-order valence-corrected chi connectivity index (χ0v) is 61.5. The van der Waals surface area contributed by atoms with Crippen molar-refractivity contribution in [2.24, 2.45) is 0 Å². The molecule has 12 heteroatoms. The second kappa shape index (κ2) is 35.1. The maximum atomic E-state index is 5.63. The number of imidazole rings is 1. The summed E-state index contributed by atoms with van der Waals surface area (Å²) in [5, 5.41) is 6.33. The highest BCUT2D eigenvalue weighted by atomic mass is 32.1. The minimum atomic E-state index is 0.359. The maximum absolute atomic E-state index is 5.63. The molecule has 0 radical (unpaired) electrons. The van der Waals surface area contributed by atoms with Crippen LogP contribution in [0.15, 0.2) is 239 Å². The predicted octanol–water partition coefficient (Wildman–Crippen LogP) is 26.0. The van der Waals surface area contributed by atoms with Crippen molar-refractivity contribution in [3.05, 3.63) is 275 Å². The Bertz CT molecular complexity index is 4190. The van der Waals surface area contributed by atoms with Crippen molar-refractivity contribution < 1.29 is 8.83 Å². The van der Waals surface area contributed by atoms with Gasteiger partial charge in [-0.05, 0) is 132 Å². The van der Waals surface area contributed by atoms with Gasteiger partial charge in [0.25, 0.3) is 0 Å². The minimum absolute atomic E-state index is 0.359. The Hall–Kier alpha value is -9.62. The molecule has 0 bridgehead atoms. The molecule has 10 nitrogen and oxygen atoms in total. The Labute approximate surface area is 587 Å². The van der Waals surface area contributed by atoms with Gasteiger partial charge in [0.15, 0.2) is 11.5 Å². The molecule has 504 valence electrons. The van der Waals surface area contributed by atoms with Crippen molar-refractivity contribution in [3.63, 3.8) is 0 Å². The molecule has 0 aliphatic heterocycles. The zero-order valence-electron chi connectivity index (χ0n) is 59.9. The smallest absolute Gasteiger partial charge is 0.198 e. The van der Waals surface area contributed by atoms with Crippen molar-refractivity contribution in [2.45, 2.75) is 158 Å².